The van der Waals surface area contributed by atoms with Gasteiger partial charge in [0, 0.05) is 18.4 Å². The number of nitrogens with one attached hydrogen (secondary N) is 1. The Kier molecular flexibility index (Phi) is 4.76. The minimum atomic E-state index is -0.297. The number of hydrogen-bond donors (Lipinski definition) is 1. The number of anilines is 1. The van der Waals surface area contributed by atoms with Crippen molar-refractivity contribution < 1.29 is 9.53 Å². The predicted octanol–water partition coefficient (Wildman–Crippen LogP) is 2.69. The maximum atomic E-state index is 11.7. The summed E-state index contributed by atoms with van der Waals surface area (Å²) in [5, 5.41) is 7.51. The second kappa shape index (κ2) is 6.75. The maximum absolute atomic E-state index is 11.7. The Balaban J connectivity index is 2.03. The molecule has 5 nitrogen and oxygen atoms in total. The first kappa shape index (κ1) is 14.1. The Morgan fingerprint density at radius 3 is 2.95 bits per heavy atom. The van der Waals surface area contributed by atoms with E-state index in [2.05, 4.69) is 17.3 Å². The lowest BCUT2D eigenvalue weighted by atomic mass is 10.2. The van der Waals surface area contributed by atoms with E-state index in [1.54, 1.807) is 25.3 Å². The van der Waals surface area contributed by atoms with Gasteiger partial charge in [0.25, 0.3) is 0 Å². The van der Waals surface area contributed by atoms with Crippen LogP contribution in [0.25, 0.3) is 0 Å². The van der Waals surface area contributed by atoms with Gasteiger partial charge in [0.2, 0.25) is 0 Å². The lowest BCUT2D eigenvalue weighted by Crippen LogP contribution is -2.09. The molecule has 0 unspecified atom stereocenters. The van der Waals surface area contributed by atoms with Crippen LogP contribution in [-0.2, 0) is 17.8 Å². The van der Waals surface area contributed by atoms with Crippen molar-refractivity contribution in [3.8, 4) is 0 Å². The van der Waals surface area contributed by atoms with E-state index in [1.807, 2.05) is 22.9 Å². The third-order valence-electron chi connectivity index (χ3n) is 2.95. The van der Waals surface area contributed by atoms with Crippen LogP contribution >= 0.6 is 0 Å². The molecule has 1 aromatic heterocycles. The van der Waals surface area contributed by atoms with Gasteiger partial charge in [-0.15, -0.1) is 0 Å². The van der Waals surface area contributed by atoms with Crippen LogP contribution in [0.3, 0.4) is 0 Å². The zero-order valence-electron chi connectivity index (χ0n) is 11.8. The van der Waals surface area contributed by atoms with E-state index in [1.165, 1.54) is 0 Å². The zero-order valence-corrected chi connectivity index (χ0v) is 11.8. The minimum absolute atomic E-state index is 0.297. The smallest absolute Gasteiger partial charge is 0.338 e. The third-order valence-corrected chi connectivity index (χ3v) is 2.95. The van der Waals surface area contributed by atoms with Crippen LogP contribution in [0.2, 0.25) is 0 Å². The van der Waals surface area contributed by atoms with Crippen LogP contribution in [0.4, 0.5) is 5.69 Å². The molecule has 0 fully saturated rings. The van der Waals surface area contributed by atoms with E-state index < -0.39 is 0 Å². The molecule has 2 aromatic rings. The maximum Gasteiger partial charge on any atom is 0.338 e. The number of hydrogen-bond acceptors (Lipinski definition) is 4. The first-order chi connectivity index (χ1) is 9.74. The summed E-state index contributed by atoms with van der Waals surface area (Å²) >= 11 is 0. The highest BCUT2D eigenvalue weighted by atomic mass is 16.5. The van der Waals surface area contributed by atoms with Crippen LogP contribution in [0.15, 0.2) is 36.5 Å². The number of rotatable bonds is 6. The Hall–Kier alpha value is -2.30. The summed E-state index contributed by atoms with van der Waals surface area (Å²) in [6.45, 7) is 5.74. The summed E-state index contributed by atoms with van der Waals surface area (Å²) in [7, 11) is 0. The second-order valence-electron chi connectivity index (χ2n) is 4.29. The summed E-state index contributed by atoms with van der Waals surface area (Å²) in [4.78, 5) is 11.7. The van der Waals surface area contributed by atoms with Crippen LogP contribution in [0.1, 0.15) is 29.9 Å². The zero-order chi connectivity index (χ0) is 14.4. The van der Waals surface area contributed by atoms with E-state index in [0.717, 1.165) is 17.9 Å². The fraction of sp³-hybridized carbons (Fsp3) is 0.333. The normalized spacial score (nSPS) is 10.3. The van der Waals surface area contributed by atoms with Gasteiger partial charge in [0.1, 0.15) is 0 Å². The highest BCUT2D eigenvalue weighted by Gasteiger charge is 2.07. The molecule has 1 aromatic carbocycles. The summed E-state index contributed by atoms with van der Waals surface area (Å²) in [5.41, 5.74) is 2.55. The third kappa shape index (κ3) is 3.38. The molecule has 0 atom stereocenters. The lowest BCUT2D eigenvalue weighted by molar-refractivity contribution is 0.0526. The number of esters is 1. The number of carbonyl (C=O) groups excluding carboxylic acids is 1. The average molecular weight is 273 g/mol. The minimum Gasteiger partial charge on any atom is -0.462 e. The molecule has 20 heavy (non-hydrogen) atoms. The van der Waals surface area contributed by atoms with Crippen molar-refractivity contribution in [2.75, 3.05) is 11.9 Å². The van der Waals surface area contributed by atoms with Gasteiger partial charge in [-0.2, -0.15) is 5.10 Å². The van der Waals surface area contributed by atoms with Crippen LogP contribution in [0, 0.1) is 0 Å². The highest BCUT2D eigenvalue weighted by molar-refractivity contribution is 5.90. The van der Waals surface area contributed by atoms with E-state index in [4.69, 9.17) is 4.74 Å². The number of benzene rings is 1. The number of aromatic nitrogens is 2. The van der Waals surface area contributed by atoms with Crippen molar-refractivity contribution in [3.63, 3.8) is 0 Å². The van der Waals surface area contributed by atoms with E-state index in [9.17, 15) is 4.79 Å². The largest absolute Gasteiger partial charge is 0.462 e. The molecule has 1 heterocycles. The van der Waals surface area contributed by atoms with Gasteiger partial charge < -0.3 is 10.1 Å². The Morgan fingerprint density at radius 2 is 2.20 bits per heavy atom. The van der Waals surface area contributed by atoms with E-state index in [0.29, 0.717) is 18.7 Å². The first-order valence-electron chi connectivity index (χ1n) is 6.76. The molecule has 0 aliphatic carbocycles. The predicted molar refractivity (Wildman–Crippen MR) is 77.6 cm³/mol. The standard InChI is InChI=1S/C15H19N3O2/c1-3-18-14(8-9-17-18)11-16-13-7-5-6-12(10-13)15(19)20-4-2/h5-10,16H,3-4,11H2,1-2H3. The monoisotopic (exact) mass is 273 g/mol. The summed E-state index contributed by atoms with van der Waals surface area (Å²) in [5.74, 6) is -0.297. The molecule has 0 radical (unpaired) electrons. The lowest BCUT2D eigenvalue weighted by Gasteiger charge is -2.09. The SMILES string of the molecule is CCOC(=O)c1cccc(NCc2ccnn2CC)c1. The van der Waals surface area contributed by atoms with E-state index >= 15 is 0 Å². The summed E-state index contributed by atoms with van der Waals surface area (Å²) < 4.78 is 6.92. The van der Waals surface area contributed by atoms with E-state index in [-0.39, 0.29) is 5.97 Å². The van der Waals surface area contributed by atoms with Gasteiger partial charge in [-0.25, -0.2) is 4.79 Å². The van der Waals surface area contributed by atoms with Crippen LogP contribution in [0.5, 0.6) is 0 Å². The van der Waals surface area contributed by atoms with Crippen LogP contribution < -0.4 is 5.32 Å². The van der Waals surface area contributed by atoms with Gasteiger partial charge in [-0.05, 0) is 38.1 Å². The van der Waals surface area contributed by atoms with Crippen molar-refractivity contribution in [1.82, 2.24) is 9.78 Å². The quantitative estimate of drug-likeness (QED) is 0.822. The topological polar surface area (TPSA) is 56.1 Å². The molecule has 106 valence electrons. The first-order valence-corrected chi connectivity index (χ1v) is 6.76. The molecule has 1 N–H and O–H groups in total. The molecule has 0 aliphatic heterocycles. The van der Waals surface area contributed by atoms with Gasteiger partial charge in [-0.1, -0.05) is 6.07 Å². The van der Waals surface area contributed by atoms with Gasteiger partial charge in [0.05, 0.1) is 24.4 Å². The summed E-state index contributed by atoms with van der Waals surface area (Å²) in [6.07, 6.45) is 1.79. The second-order valence-corrected chi connectivity index (χ2v) is 4.29. The van der Waals surface area contributed by atoms with Gasteiger partial charge in [-0.3, -0.25) is 4.68 Å². The molecular weight excluding hydrogens is 254 g/mol. The number of nitrogens with zero attached hydrogens (tertiary/aromatic N) is 2. The number of carbonyl (C=O) groups is 1. The van der Waals surface area contributed by atoms with Crippen molar-refractivity contribution in [1.29, 1.82) is 0 Å². The summed E-state index contributed by atoms with van der Waals surface area (Å²) in [6, 6.07) is 9.29. The molecule has 0 bridgehead atoms. The fourth-order valence-electron chi connectivity index (χ4n) is 1.96. The Labute approximate surface area is 118 Å². The molecule has 5 heteroatoms. The number of aryl methyl sites for hydroxylation is 1. The Morgan fingerprint density at radius 1 is 1.35 bits per heavy atom. The van der Waals surface area contributed by atoms with Crippen molar-refractivity contribution in [3.05, 3.63) is 47.8 Å². The van der Waals surface area contributed by atoms with Gasteiger partial charge >= 0.3 is 5.97 Å². The molecule has 0 saturated carbocycles. The Bertz CT molecular complexity index is 578. The van der Waals surface area contributed by atoms with Crippen molar-refractivity contribution in [2.45, 2.75) is 26.9 Å². The highest BCUT2D eigenvalue weighted by Crippen LogP contribution is 2.13. The molecule has 0 amide bonds. The average Bonchev–Trinajstić information content (AvgIpc) is 2.93. The molecule has 0 spiro atoms. The van der Waals surface area contributed by atoms with Crippen molar-refractivity contribution >= 4 is 11.7 Å². The number of ether oxygens (including phenoxy) is 1. The molecule has 0 aliphatic rings. The fourth-order valence-corrected chi connectivity index (χ4v) is 1.96. The molecule has 0 saturated heterocycles. The van der Waals surface area contributed by atoms with Gasteiger partial charge in [0.15, 0.2) is 0 Å². The molecular formula is C15H19N3O2. The molecule has 2 rings (SSSR count). The van der Waals surface area contributed by atoms with Crippen molar-refractivity contribution in [2.24, 2.45) is 0 Å². The van der Waals surface area contributed by atoms with Crippen LogP contribution in [-0.4, -0.2) is 22.4 Å².